The second kappa shape index (κ2) is 9.35. The van der Waals surface area contributed by atoms with Gasteiger partial charge >= 0.3 is 0 Å². The Kier molecular flexibility index (Phi) is 6.37. The van der Waals surface area contributed by atoms with Gasteiger partial charge < -0.3 is 14.8 Å². The Morgan fingerprint density at radius 1 is 1.10 bits per heavy atom. The molecule has 2 unspecified atom stereocenters. The standard InChI is InChI=1S/C24H25ClN4O2/c1-17(25)24(31)29-15-14-28-16-20(23(30)26-13-12-18-8-4-2-5-9-18)27-22(28)21(29)19-10-6-3-7-11-19/h2-11,16-17,21H,12-15H2,1H3,(H,26,30). The van der Waals surface area contributed by atoms with Crippen molar-refractivity contribution in [3.05, 3.63) is 89.5 Å². The van der Waals surface area contributed by atoms with Gasteiger partial charge in [-0.1, -0.05) is 60.7 Å². The molecule has 1 aliphatic heterocycles. The lowest BCUT2D eigenvalue weighted by atomic mass is 10.0. The molecule has 7 heteroatoms. The smallest absolute Gasteiger partial charge is 0.271 e. The molecule has 0 aliphatic carbocycles. The lowest BCUT2D eigenvalue weighted by molar-refractivity contribution is -0.133. The van der Waals surface area contributed by atoms with Gasteiger partial charge in [-0.2, -0.15) is 0 Å². The highest BCUT2D eigenvalue weighted by Crippen LogP contribution is 2.32. The van der Waals surface area contributed by atoms with E-state index in [1.807, 2.05) is 65.2 Å². The molecule has 0 radical (unpaired) electrons. The van der Waals surface area contributed by atoms with Crippen molar-refractivity contribution in [1.82, 2.24) is 19.8 Å². The van der Waals surface area contributed by atoms with E-state index in [0.717, 1.165) is 12.0 Å². The number of halogens is 1. The zero-order valence-electron chi connectivity index (χ0n) is 17.4. The van der Waals surface area contributed by atoms with Crippen LogP contribution in [0, 0.1) is 0 Å². The second-order valence-corrected chi connectivity index (χ2v) is 8.28. The molecule has 2 amide bonds. The van der Waals surface area contributed by atoms with E-state index in [-0.39, 0.29) is 17.9 Å². The number of hydrogen-bond acceptors (Lipinski definition) is 3. The van der Waals surface area contributed by atoms with E-state index in [9.17, 15) is 9.59 Å². The third kappa shape index (κ3) is 4.64. The first-order chi connectivity index (χ1) is 15.0. The number of alkyl halides is 1. The molecule has 1 N–H and O–H groups in total. The van der Waals surface area contributed by atoms with Crippen molar-refractivity contribution in [2.75, 3.05) is 13.1 Å². The number of benzene rings is 2. The quantitative estimate of drug-likeness (QED) is 0.602. The lowest BCUT2D eigenvalue weighted by Crippen LogP contribution is -2.45. The van der Waals surface area contributed by atoms with Gasteiger partial charge in [0.25, 0.3) is 5.91 Å². The van der Waals surface area contributed by atoms with Gasteiger partial charge in [-0.3, -0.25) is 9.59 Å². The summed E-state index contributed by atoms with van der Waals surface area (Å²) in [6.07, 6.45) is 2.53. The number of imidazole rings is 1. The van der Waals surface area contributed by atoms with Crippen molar-refractivity contribution in [1.29, 1.82) is 0 Å². The van der Waals surface area contributed by atoms with E-state index in [4.69, 9.17) is 11.6 Å². The van der Waals surface area contributed by atoms with Gasteiger partial charge in [0, 0.05) is 25.8 Å². The molecule has 4 rings (SSSR count). The van der Waals surface area contributed by atoms with Gasteiger partial charge in [-0.05, 0) is 24.5 Å². The van der Waals surface area contributed by atoms with Crippen LogP contribution in [0.3, 0.4) is 0 Å². The zero-order valence-corrected chi connectivity index (χ0v) is 18.1. The summed E-state index contributed by atoms with van der Waals surface area (Å²) in [6, 6.07) is 19.4. The Bertz CT molecular complexity index is 1050. The Hall–Kier alpha value is -3.12. The summed E-state index contributed by atoms with van der Waals surface area (Å²) in [7, 11) is 0. The molecule has 2 heterocycles. The van der Waals surface area contributed by atoms with Crippen LogP contribution in [0.1, 0.15) is 40.4 Å². The SMILES string of the molecule is CC(Cl)C(=O)N1CCn2cc(C(=O)NCCc3ccccc3)nc2C1c1ccccc1. The van der Waals surface area contributed by atoms with Crippen molar-refractivity contribution in [3.63, 3.8) is 0 Å². The summed E-state index contributed by atoms with van der Waals surface area (Å²) in [4.78, 5) is 31.9. The summed E-state index contributed by atoms with van der Waals surface area (Å²) >= 11 is 6.12. The van der Waals surface area contributed by atoms with Crippen LogP contribution in [0.4, 0.5) is 0 Å². The van der Waals surface area contributed by atoms with E-state index < -0.39 is 5.38 Å². The van der Waals surface area contributed by atoms with Gasteiger partial charge in [0.2, 0.25) is 5.91 Å². The maximum Gasteiger partial charge on any atom is 0.271 e. The summed E-state index contributed by atoms with van der Waals surface area (Å²) in [5.41, 5.74) is 2.47. The Morgan fingerprint density at radius 2 is 1.77 bits per heavy atom. The molecule has 0 bridgehead atoms. The Balaban J connectivity index is 1.55. The molecular weight excluding hydrogens is 412 g/mol. The monoisotopic (exact) mass is 436 g/mol. The normalized spacial score (nSPS) is 16.5. The molecule has 2 atom stereocenters. The van der Waals surface area contributed by atoms with Gasteiger partial charge in [-0.15, -0.1) is 11.6 Å². The van der Waals surface area contributed by atoms with Crippen LogP contribution >= 0.6 is 11.6 Å². The molecule has 6 nitrogen and oxygen atoms in total. The molecule has 0 saturated carbocycles. The van der Waals surface area contributed by atoms with Gasteiger partial charge in [0.05, 0.1) is 0 Å². The number of fused-ring (bicyclic) bond motifs is 1. The summed E-state index contributed by atoms with van der Waals surface area (Å²) in [6.45, 7) is 3.28. The molecule has 2 aromatic carbocycles. The highest BCUT2D eigenvalue weighted by molar-refractivity contribution is 6.30. The zero-order chi connectivity index (χ0) is 21.8. The van der Waals surface area contributed by atoms with Gasteiger partial charge in [-0.25, -0.2) is 4.98 Å². The number of rotatable bonds is 6. The number of amides is 2. The Morgan fingerprint density at radius 3 is 2.45 bits per heavy atom. The van der Waals surface area contributed by atoms with E-state index in [1.165, 1.54) is 5.56 Å². The summed E-state index contributed by atoms with van der Waals surface area (Å²) in [5.74, 6) is 0.322. The first-order valence-corrected chi connectivity index (χ1v) is 10.9. The molecule has 0 fully saturated rings. The minimum atomic E-state index is -0.631. The lowest BCUT2D eigenvalue weighted by Gasteiger charge is -2.36. The molecule has 31 heavy (non-hydrogen) atoms. The predicted octanol–water partition coefficient (Wildman–Crippen LogP) is 3.41. The molecular formula is C24H25ClN4O2. The first-order valence-electron chi connectivity index (χ1n) is 10.4. The fraction of sp³-hybridized carbons (Fsp3) is 0.292. The number of nitrogens with zero attached hydrogens (tertiary/aromatic N) is 3. The molecule has 0 spiro atoms. The van der Waals surface area contributed by atoms with E-state index in [2.05, 4.69) is 10.3 Å². The molecule has 1 aromatic heterocycles. The summed E-state index contributed by atoms with van der Waals surface area (Å²) in [5, 5.41) is 2.32. The maximum absolute atomic E-state index is 12.8. The van der Waals surface area contributed by atoms with Crippen LogP contribution in [0.5, 0.6) is 0 Å². The van der Waals surface area contributed by atoms with Crippen LogP contribution in [0.25, 0.3) is 0 Å². The molecule has 160 valence electrons. The summed E-state index contributed by atoms with van der Waals surface area (Å²) < 4.78 is 1.96. The average Bonchev–Trinajstić information content (AvgIpc) is 3.23. The van der Waals surface area contributed by atoms with Crippen molar-refractivity contribution < 1.29 is 9.59 Å². The third-order valence-corrected chi connectivity index (χ3v) is 5.65. The van der Waals surface area contributed by atoms with Crippen molar-refractivity contribution in [2.24, 2.45) is 0 Å². The van der Waals surface area contributed by atoms with Gasteiger partial charge in [0.15, 0.2) is 0 Å². The third-order valence-electron chi connectivity index (χ3n) is 5.46. The van der Waals surface area contributed by atoms with Crippen LogP contribution in [0.15, 0.2) is 66.9 Å². The number of aromatic nitrogens is 2. The van der Waals surface area contributed by atoms with Crippen LogP contribution in [0.2, 0.25) is 0 Å². The minimum absolute atomic E-state index is 0.140. The number of hydrogen-bond donors (Lipinski definition) is 1. The van der Waals surface area contributed by atoms with Crippen LogP contribution < -0.4 is 5.32 Å². The minimum Gasteiger partial charge on any atom is -0.350 e. The van der Waals surface area contributed by atoms with Gasteiger partial charge in [0.1, 0.15) is 22.9 Å². The van der Waals surface area contributed by atoms with E-state index in [1.54, 1.807) is 18.0 Å². The van der Waals surface area contributed by atoms with E-state index in [0.29, 0.717) is 31.2 Å². The average molecular weight is 437 g/mol. The fourth-order valence-corrected chi connectivity index (χ4v) is 4.03. The Labute approximate surface area is 186 Å². The number of carbonyl (C=O) groups is 2. The highest BCUT2D eigenvalue weighted by Gasteiger charge is 2.36. The molecule has 1 aliphatic rings. The van der Waals surface area contributed by atoms with Crippen LogP contribution in [-0.2, 0) is 17.8 Å². The van der Waals surface area contributed by atoms with E-state index >= 15 is 0 Å². The molecule has 3 aromatic rings. The van der Waals surface area contributed by atoms with Crippen molar-refractivity contribution >= 4 is 23.4 Å². The van der Waals surface area contributed by atoms with Crippen molar-refractivity contribution in [2.45, 2.75) is 31.3 Å². The predicted molar refractivity (Wildman–Crippen MR) is 120 cm³/mol. The first kappa shape index (κ1) is 21.1. The second-order valence-electron chi connectivity index (χ2n) is 7.63. The van der Waals surface area contributed by atoms with Crippen LogP contribution in [-0.4, -0.2) is 44.7 Å². The topological polar surface area (TPSA) is 67.2 Å². The largest absolute Gasteiger partial charge is 0.350 e. The number of nitrogens with one attached hydrogen (secondary N) is 1. The van der Waals surface area contributed by atoms with Crippen molar-refractivity contribution in [3.8, 4) is 0 Å². The highest BCUT2D eigenvalue weighted by atomic mass is 35.5. The maximum atomic E-state index is 12.8. The molecule has 0 saturated heterocycles. The fourth-order valence-electron chi connectivity index (χ4n) is 3.91. The number of carbonyl (C=O) groups excluding carboxylic acids is 2.